The van der Waals surface area contributed by atoms with E-state index < -0.39 is 17.8 Å². The number of hydrogen-bond acceptors (Lipinski definition) is 3. The molecule has 0 heterocycles. The van der Waals surface area contributed by atoms with Crippen molar-refractivity contribution < 1.29 is 19.5 Å². The Bertz CT molecular complexity index is 821. The molecule has 0 bridgehead atoms. The van der Waals surface area contributed by atoms with Gasteiger partial charge in [0, 0.05) is 10.6 Å². The van der Waals surface area contributed by atoms with E-state index in [1.807, 2.05) is 0 Å². The Morgan fingerprint density at radius 1 is 1.04 bits per heavy atom. The summed E-state index contributed by atoms with van der Waals surface area (Å²) in [6.45, 7) is 0. The summed E-state index contributed by atoms with van der Waals surface area (Å²) in [5.74, 6) is -2.00. The molecular formula is C15H10Cl2N2O4. The van der Waals surface area contributed by atoms with Gasteiger partial charge in [-0.1, -0.05) is 29.3 Å². The molecule has 6 nitrogen and oxygen atoms in total. The van der Waals surface area contributed by atoms with Gasteiger partial charge in [-0.25, -0.2) is 9.59 Å². The third kappa shape index (κ3) is 3.61. The molecule has 0 saturated heterocycles. The van der Waals surface area contributed by atoms with Gasteiger partial charge in [-0.15, -0.1) is 0 Å². The van der Waals surface area contributed by atoms with Crippen LogP contribution in [0.5, 0.6) is 0 Å². The van der Waals surface area contributed by atoms with Gasteiger partial charge in [-0.05, 0) is 30.3 Å². The maximum atomic E-state index is 12.7. The number of amides is 2. The highest BCUT2D eigenvalue weighted by Crippen LogP contribution is 2.28. The molecule has 8 heteroatoms. The number of benzene rings is 2. The smallest absolute Gasteiger partial charge is 0.336 e. The molecule has 2 aromatic carbocycles. The number of carbonyl (C=O) groups excluding carboxylic acids is 2. The molecule has 0 spiro atoms. The van der Waals surface area contributed by atoms with Crippen LogP contribution in [-0.4, -0.2) is 22.9 Å². The van der Waals surface area contributed by atoms with Crippen LogP contribution >= 0.6 is 23.2 Å². The zero-order valence-corrected chi connectivity index (χ0v) is 13.0. The largest absolute Gasteiger partial charge is 0.478 e. The number of nitrogens with two attached hydrogens (primary N) is 1. The molecule has 0 radical (unpaired) electrons. The van der Waals surface area contributed by atoms with Crippen molar-refractivity contribution in [3.8, 4) is 0 Å². The van der Waals surface area contributed by atoms with E-state index in [4.69, 9.17) is 28.9 Å². The summed E-state index contributed by atoms with van der Waals surface area (Å²) < 4.78 is 0. The number of carboxylic acid groups (broad SMARTS) is 1. The lowest BCUT2D eigenvalue weighted by atomic mass is 9.96. The van der Waals surface area contributed by atoms with Gasteiger partial charge in [0.2, 0.25) is 0 Å². The second-order valence-corrected chi connectivity index (χ2v) is 5.32. The van der Waals surface area contributed by atoms with E-state index in [2.05, 4.69) is 5.32 Å². The molecule has 2 aromatic rings. The van der Waals surface area contributed by atoms with Gasteiger partial charge in [0.05, 0.1) is 21.8 Å². The number of anilines is 1. The molecule has 0 aromatic heterocycles. The molecule has 4 N–H and O–H groups in total. The molecular weight excluding hydrogens is 343 g/mol. The number of carbonyl (C=O) groups is 3. The predicted molar refractivity (Wildman–Crippen MR) is 86.5 cm³/mol. The van der Waals surface area contributed by atoms with E-state index >= 15 is 0 Å². The van der Waals surface area contributed by atoms with Crippen LogP contribution < -0.4 is 11.1 Å². The summed E-state index contributed by atoms with van der Waals surface area (Å²) in [6, 6.07) is 7.25. The van der Waals surface area contributed by atoms with Crippen molar-refractivity contribution in [2.24, 2.45) is 5.73 Å². The van der Waals surface area contributed by atoms with Crippen molar-refractivity contribution >= 4 is 46.7 Å². The van der Waals surface area contributed by atoms with Gasteiger partial charge in [-0.3, -0.25) is 4.79 Å². The average Bonchev–Trinajstić information content (AvgIpc) is 2.45. The average molecular weight is 353 g/mol. The summed E-state index contributed by atoms with van der Waals surface area (Å²) in [6.07, 6.45) is 0. The summed E-state index contributed by atoms with van der Waals surface area (Å²) >= 11 is 11.8. The van der Waals surface area contributed by atoms with E-state index in [9.17, 15) is 19.5 Å². The fraction of sp³-hybridized carbons (Fsp3) is 0. The lowest BCUT2D eigenvalue weighted by Gasteiger charge is -2.12. The number of ketones is 1. The highest BCUT2D eigenvalue weighted by Gasteiger charge is 2.24. The summed E-state index contributed by atoms with van der Waals surface area (Å²) in [7, 11) is 0. The Morgan fingerprint density at radius 3 is 2.30 bits per heavy atom. The first-order chi connectivity index (χ1) is 10.8. The van der Waals surface area contributed by atoms with Gasteiger partial charge < -0.3 is 16.2 Å². The molecule has 0 aliphatic rings. The van der Waals surface area contributed by atoms with Crippen LogP contribution in [-0.2, 0) is 0 Å². The third-order valence-electron chi connectivity index (χ3n) is 2.96. The van der Waals surface area contributed by atoms with Crippen molar-refractivity contribution in [3.05, 3.63) is 63.1 Å². The number of rotatable bonds is 4. The number of carboxylic acids is 1. The number of nitrogens with one attached hydrogen (secondary N) is 1. The van der Waals surface area contributed by atoms with Crippen molar-refractivity contribution in [2.45, 2.75) is 0 Å². The minimum absolute atomic E-state index is 0.0200. The highest BCUT2D eigenvalue weighted by atomic mass is 35.5. The molecule has 23 heavy (non-hydrogen) atoms. The number of hydrogen-bond donors (Lipinski definition) is 3. The van der Waals surface area contributed by atoms with Gasteiger partial charge in [0.15, 0.2) is 5.78 Å². The SMILES string of the molecule is NC(=O)Nc1cccc(C(=O)O)c1C(=O)c1ccc(Cl)cc1Cl. The van der Waals surface area contributed by atoms with Gasteiger partial charge in [0.1, 0.15) is 0 Å². The van der Waals surface area contributed by atoms with Crippen LogP contribution in [0, 0.1) is 0 Å². The Hall–Kier alpha value is -2.57. The number of primary amides is 1. The second kappa shape index (κ2) is 6.68. The Kier molecular flexibility index (Phi) is 4.88. The zero-order chi connectivity index (χ0) is 17.1. The highest BCUT2D eigenvalue weighted by molar-refractivity contribution is 6.38. The first kappa shape index (κ1) is 16.8. The monoisotopic (exact) mass is 352 g/mol. The standard InChI is InChI=1S/C15H10Cl2N2O4/c16-7-4-5-8(10(17)6-7)13(20)12-9(14(21)22)2-1-3-11(12)19-15(18)23/h1-6H,(H,21,22)(H3,18,19,23). The van der Waals surface area contributed by atoms with E-state index in [0.29, 0.717) is 5.02 Å². The minimum atomic E-state index is -1.33. The van der Waals surface area contributed by atoms with Crippen LogP contribution in [0.15, 0.2) is 36.4 Å². The number of urea groups is 1. The Morgan fingerprint density at radius 2 is 1.74 bits per heavy atom. The first-order valence-corrected chi connectivity index (χ1v) is 6.99. The van der Waals surface area contributed by atoms with E-state index in [0.717, 1.165) is 0 Å². The van der Waals surface area contributed by atoms with Crippen molar-refractivity contribution in [2.75, 3.05) is 5.32 Å². The third-order valence-corrected chi connectivity index (χ3v) is 3.50. The number of halogens is 2. The molecule has 0 unspecified atom stereocenters. The van der Waals surface area contributed by atoms with Crippen LogP contribution in [0.3, 0.4) is 0 Å². The summed E-state index contributed by atoms with van der Waals surface area (Å²) in [5.41, 5.74) is 4.58. The molecule has 2 amide bonds. The van der Waals surface area contributed by atoms with E-state index in [1.165, 1.54) is 36.4 Å². The van der Waals surface area contributed by atoms with Crippen molar-refractivity contribution in [1.29, 1.82) is 0 Å². The molecule has 0 fully saturated rings. The fourth-order valence-electron chi connectivity index (χ4n) is 2.02. The van der Waals surface area contributed by atoms with Crippen LogP contribution in [0.2, 0.25) is 10.0 Å². The normalized spacial score (nSPS) is 10.2. The Balaban J connectivity index is 2.66. The number of aromatic carboxylic acids is 1. The lowest BCUT2D eigenvalue weighted by molar-refractivity contribution is 0.0693. The van der Waals surface area contributed by atoms with Crippen molar-refractivity contribution in [1.82, 2.24) is 0 Å². The molecule has 118 valence electrons. The molecule has 0 atom stereocenters. The summed E-state index contributed by atoms with van der Waals surface area (Å²) in [4.78, 5) is 35.2. The molecule has 0 aliphatic carbocycles. The van der Waals surface area contributed by atoms with Crippen LogP contribution in [0.25, 0.3) is 0 Å². The van der Waals surface area contributed by atoms with E-state index in [1.54, 1.807) is 0 Å². The zero-order valence-electron chi connectivity index (χ0n) is 11.5. The molecule has 0 aliphatic heterocycles. The molecule has 0 saturated carbocycles. The molecule has 2 rings (SSSR count). The Labute approximate surface area is 140 Å². The fourth-order valence-corrected chi connectivity index (χ4v) is 2.51. The lowest BCUT2D eigenvalue weighted by Crippen LogP contribution is -2.22. The van der Waals surface area contributed by atoms with Crippen molar-refractivity contribution in [3.63, 3.8) is 0 Å². The maximum Gasteiger partial charge on any atom is 0.336 e. The van der Waals surface area contributed by atoms with Gasteiger partial charge in [-0.2, -0.15) is 0 Å². The van der Waals surface area contributed by atoms with Gasteiger partial charge >= 0.3 is 12.0 Å². The van der Waals surface area contributed by atoms with Crippen LogP contribution in [0.1, 0.15) is 26.3 Å². The van der Waals surface area contributed by atoms with Crippen LogP contribution in [0.4, 0.5) is 10.5 Å². The second-order valence-electron chi connectivity index (χ2n) is 4.48. The van der Waals surface area contributed by atoms with Gasteiger partial charge in [0.25, 0.3) is 0 Å². The van der Waals surface area contributed by atoms with E-state index in [-0.39, 0.29) is 27.4 Å². The maximum absolute atomic E-state index is 12.7. The quantitative estimate of drug-likeness (QED) is 0.732. The summed E-state index contributed by atoms with van der Waals surface area (Å²) in [5, 5.41) is 11.9. The first-order valence-electron chi connectivity index (χ1n) is 6.23. The predicted octanol–water partition coefficient (Wildman–Crippen LogP) is 3.41. The topological polar surface area (TPSA) is 109 Å². The minimum Gasteiger partial charge on any atom is -0.478 e.